The van der Waals surface area contributed by atoms with E-state index in [2.05, 4.69) is 0 Å². The molecule has 0 amide bonds. The molecule has 0 aromatic heterocycles. The maximum absolute atomic E-state index is 10.4. The van der Waals surface area contributed by atoms with Gasteiger partial charge in [0.15, 0.2) is 0 Å². The van der Waals surface area contributed by atoms with Crippen molar-refractivity contribution >= 4 is 21.9 Å². The summed E-state index contributed by atoms with van der Waals surface area (Å²) in [5, 5.41) is 6.70. The van der Waals surface area contributed by atoms with Gasteiger partial charge in [0.2, 0.25) is 5.78 Å². The fourth-order valence-corrected chi connectivity index (χ4v) is 0.816. The first-order valence-electron chi connectivity index (χ1n) is 2.97. The molecule has 1 atom stereocenters. The summed E-state index contributed by atoms with van der Waals surface area (Å²) in [7, 11) is -4.32. The van der Waals surface area contributed by atoms with E-state index >= 15 is 0 Å². The molecular weight excluding hydrogens is 188 g/mol. The number of carbonyl (C=O) groups is 2. The highest BCUT2D eigenvalue weighted by molar-refractivity contribution is 7.86. The van der Waals surface area contributed by atoms with Crippen LogP contribution in [0.25, 0.3) is 0 Å². The van der Waals surface area contributed by atoms with Gasteiger partial charge in [-0.2, -0.15) is 8.42 Å². The monoisotopic (exact) mass is 196 g/mol. The third kappa shape index (κ3) is 3.44. The van der Waals surface area contributed by atoms with Crippen molar-refractivity contribution < 1.29 is 27.7 Å². The summed E-state index contributed by atoms with van der Waals surface area (Å²) in [6.45, 7) is 1.05. The Kier molecular flexibility index (Phi) is 3.35. The van der Waals surface area contributed by atoms with E-state index in [4.69, 9.17) is 9.66 Å². The number of rotatable bonds is 4. The average Bonchev–Trinajstić information content (AvgIpc) is 1.85. The molecule has 0 aliphatic heterocycles. The molecule has 0 aromatic rings. The molecule has 0 bridgehead atoms. The van der Waals surface area contributed by atoms with Gasteiger partial charge in [-0.05, 0) is 6.92 Å². The average molecular weight is 196 g/mol. The van der Waals surface area contributed by atoms with Crippen LogP contribution in [0.1, 0.15) is 13.3 Å². The number of ketones is 1. The van der Waals surface area contributed by atoms with Crippen LogP contribution < -0.4 is 0 Å². The quantitative estimate of drug-likeness (QED) is 0.455. The highest BCUT2D eigenvalue weighted by Crippen LogP contribution is 2.03. The molecule has 0 rings (SSSR count). The van der Waals surface area contributed by atoms with Crippen molar-refractivity contribution in [3.05, 3.63) is 0 Å². The summed E-state index contributed by atoms with van der Waals surface area (Å²) in [6, 6.07) is 0. The summed E-state index contributed by atoms with van der Waals surface area (Å²) in [5.74, 6) is -2.94. The summed E-state index contributed by atoms with van der Waals surface area (Å²) in [5.41, 5.74) is 0. The highest BCUT2D eigenvalue weighted by Gasteiger charge is 2.24. The van der Waals surface area contributed by atoms with Crippen molar-refractivity contribution in [3.63, 3.8) is 0 Å². The van der Waals surface area contributed by atoms with E-state index in [1.807, 2.05) is 0 Å². The Bertz CT molecular complexity index is 289. The van der Waals surface area contributed by atoms with Gasteiger partial charge in [-0.3, -0.25) is 9.35 Å². The van der Waals surface area contributed by atoms with Gasteiger partial charge in [-0.1, -0.05) is 0 Å². The summed E-state index contributed by atoms with van der Waals surface area (Å²) >= 11 is 0. The number of hydrogen-bond donors (Lipinski definition) is 2. The third-order valence-corrected chi connectivity index (χ3v) is 2.40. The maximum Gasteiger partial charge on any atom is 0.372 e. The smallest absolute Gasteiger partial charge is 0.372 e. The van der Waals surface area contributed by atoms with Crippen molar-refractivity contribution in [2.24, 2.45) is 0 Å². The molecule has 0 aliphatic carbocycles. The lowest BCUT2D eigenvalue weighted by Crippen LogP contribution is -2.24. The van der Waals surface area contributed by atoms with E-state index in [9.17, 15) is 18.0 Å². The van der Waals surface area contributed by atoms with Gasteiger partial charge in [0.1, 0.15) is 0 Å². The number of carboxylic acid groups (broad SMARTS) is 1. The normalized spacial score (nSPS) is 13.8. The summed E-state index contributed by atoms with van der Waals surface area (Å²) < 4.78 is 28.9. The standard InChI is InChI=1S/C5H8O6S/c1-3(12(9,10)11)2-4(6)5(7)8/h3H,2H2,1H3,(H,7,8)(H,9,10,11). The highest BCUT2D eigenvalue weighted by atomic mass is 32.2. The van der Waals surface area contributed by atoms with Gasteiger partial charge in [0.05, 0.1) is 5.25 Å². The zero-order valence-corrected chi connectivity index (χ0v) is 7.04. The van der Waals surface area contributed by atoms with Crippen LogP contribution in [-0.2, 0) is 19.7 Å². The largest absolute Gasteiger partial charge is 0.476 e. The van der Waals surface area contributed by atoms with Crippen LogP contribution in [0.3, 0.4) is 0 Å². The van der Waals surface area contributed by atoms with Crippen LogP contribution >= 0.6 is 0 Å². The van der Waals surface area contributed by atoms with Gasteiger partial charge in [-0.25, -0.2) is 4.79 Å². The zero-order chi connectivity index (χ0) is 9.94. The number of Topliss-reactive ketones (excluding diaryl/α,β-unsaturated/α-hetero) is 1. The minimum Gasteiger partial charge on any atom is -0.476 e. The second-order valence-electron chi connectivity index (χ2n) is 2.26. The Labute approximate surface area is 68.9 Å². The fraction of sp³-hybridized carbons (Fsp3) is 0.600. The van der Waals surface area contributed by atoms with Crippen molar-refractivity contribution in [1.82, 2.24) is 0 Å². The molecule has 0 aliphatic rings. The predicted octanol–water partition coefficient (Wildman–Crippen LogP) is -0.693. The van der Waals surface area contributed by atoms with Crippen LogP contribution in [0, 0.1) is 0 Å². The summed E-state index contributed by atoms with van der Waals surface area (Å²) in [6.07, 6.45) is -0.714. The lowest BCUT2D eigenvalue weighted by Gasteiger charge is -2.03. The van der Waals surface area contributed by atoms with Crippen LogP contribution in [-0.4, -0.2) is 35.1 Å². The van der Waals surface area contributed by atoms with Gasteiger partial charge < -0.3 is 5.11 Å². The lowest BCUT2D eigenvalue weighted by molar-refractivity contribution is -0.149. The van der Waals surface area contributed by atoms with E-state index in [1.54, 1.807) is 0 Å². The second kappa shape index (κ2) is 3.63. The molecule has 0 aromatic carbocycles. The van der Waals surface area contributed by atoms with Gasteiger partial charge in [0, 0.05) is 6.42 Å². The van der Waals surface area contributed by atoms with E-state index in [1.165, 1.54) is 0 Å². The SMILES string of the molecule is CC(CC(=O)C(=O)O)S(=O)(=O)O. The Morgan fingerprint density at radius 3 is 2.08 bits per heavy atom. The van der Waals surface area contributed by atoms with Gasteiger partial charge in [-0.15, -0.1) is 0 Å². The van der Waals surface area contributed by atoms with Crippen molar-refractivity contribution in [2.75, 3.05) is 0 Å². The van der Waals surface area contributed by atoms with Gasteiger partial charge in [0.25, 0.3) is 10.1 Å². The Balaban J connectivity index is 4.31. The lowest BCUT2D eigenvalue weighted by atomic mass is 10.2. The first kappa shape index (κ1) is 11.1. The van der Waals surface area contributed by atoms with E-state index in [0.29, 0.717) is 0 Å². The third-order valence-electron chi connectivity index (χ3n) is 1.22. The second-order valence-corrected chi connectivity index (χ2v) is 4.09. The first-order chi connectivity index (χ1) is 5.25. The Hall–Kier alpha value is -0.950. The van der Waals surface area contributed by atoms with Crippen LogP contribution in [0.4, 0.5) is 0 Å². The molecule has 12 heavy (non-hydrogen) atoms. The molecule has 0 saturated carbocycles. The molecule has 70 valence electrons. The van der Waals surface area contributed by atoms with E-state index in [-0.39, 0.29) is 0 Å². The van der Waals surface area contributed by atoms with Crippen molar-refractivity contribution in [3.8, 4) is 0 Å². The van der Waals surface area contributed by atoms with Crippen molar-refractivity contribution in [2.45, 2.75) is 18.6 Å². The number of aliphatic carboxylic acids is 1. The molecule has 6 nitrogen and oxygen atoms in total. The molecule has 0 radical (unpaired) electrons. The van der Waals surface area contributed by atoms with Crippen LogP contribution in [0.5, 0.6) is 0 Å². The fourth-order valence-electron chi connectivity index (χ4n) is 0.454. The Morgan fingerprint density at radius 1 is 1.42 bits per heavy atom. The molecule has 2 N–H and O–H groups in total. The van der Waals surface area contributed by atoms with Crippen LogP contribution in [0.2, 0.25) is 0 Å². The first-order valence-corrected chi connectivity index (χ1v) is 4.48. The number of hydrogen-bond acceptors (Lipinski definition) is 4. The van der Waals surface area contributed by atoms with Crippen molar-refractivity contribution in [1.29, 1.82) is 0 Å². The van der Waals surface area contributed by atoms with E-state index in [0.717, 1.165) is 6.92 Å². The summed E-state index contributed by atoms with van der Waals surface area (Å²) in [4.78, 5) is 20.4. The minimum absolute atomic E-state index is 0.714. The molecule has 0 spiro atoms. The number of carbonyl (C=O) groups excluding carboxylic acids is 1. The van der Waals surface area contributed by atoms with E-state index < -0.39 is 33.5 Å². The molecule has 1 unspecified atom stereocenters. The number of carboxylic acids is 1. The van der Waals surface area contributed by atoms with Crippen LogP contribution in [0.15, 0.2) is 0 Å². The molecule has 0 saturated heterocycles. The predicted molar refractivity (Wildman–Crippen MR) is 38.3 cm³/mol. The molecule has 0 heterocycles. The van der Waals surface area contributed by atoms with Gasteiger partial charge >= 0.3 is 5.97 Å². The molecule has 7 heteroatoms. The Morgan fingerprint density at radius 2 is 1.83 bits per heavy atom. The topological polar surface area (TPSA) is 109 Å². The maximum atomic E-state index is 10.4. The molecular formula is C5H8O6S. The zero-order valence-electron chi connectivity index (χ0n) is 6.22. The minimum atomic E-state index is -4.32. The molecule has 0 fully saturated rings.